The Bertz CT molecular complexity index is 1180. The molecule has 0 atom stereocenters. The van der Waals surface area contributed by atoms with Crippen molar-refractivity contribution in [2.45, 2.75) is 26.7 Å². The number of ether oxygens (including phenoxy) is 1. The van der Waals surface area contributed by atoms with Crippen LogP contribution >= 0.6 is 0 Å². The van der Waals surface area contributed by atoms with E-state index in [1.807, 2.05) is 0 Å². The van der Waals surface area contributed by atoms with Gasteiger partial charge in [-0.25, -0.2) is 23.1 Å². The Kier molecular flexibility index (Phi) is 9.30. The first kappa shape index (κ1) is 26.5. The van der Waals surface area contributed by atoms with Crippen molar-refractivity contribution in [3.8, 4) is 11.4 Å². The van der Waals surface area contributed by atoms with E-state index in [1.165, 1.54) is 36.7 Å². The maximum atomic E-state index is 14.6. The smallest absolute Gasteiger partial charge is 0.200 e. The summed E-state index contributed by atoms with van der Waals surface area (Å²) in [4.78, 5) is 8.06. The molecule has 0 aliphatic rings. The van der Waals surface area contributed by atoms with E-state index in [2.05, 4.69) is 36.3 Å². The normalized spacial score (nSPS) is 11.8. The minimum absolute atomic E-state index is 0.0240. The zero-order valence-electron chi connectivity index (χ0n) is 19.2. The molecular formula is C27H26F4N2O. The van der Waals surface area contributed by atoms with Gasteiger partial charge in [-0.15, -0.1) is 0 Å². The predicted molar refractivity (Wildman–Crippen MR) is 127 cm³/mol. The monoisotopic (exact) mass is 470 g/mol. The van der Waals surface area contributed by atoms with Crippen LogP contribution in [-0.4, -0.2) is 16.6 Å². The highest BCUT2D eigenvalue weighted by Gasteiger charge is 2.17. The first-order valence-electron chi connectivity index (χ1n) is 10.4. The molecule has 0 unspecified atom stereocenters. The molecule has 0 bridgehead atoms. The first-order chi connectivity index (χ1) is 16.1. The fraction of sp³-hybridized carbons (Fsp3) is 0.185. The maximum absolute atomic E-state index is 14.6. The molecule has 2 aromatic rings. The molecular weight excluding hydrogens is 444 g/mol. The van der Waals surface area contributed by atoms with Crippen molar-refractivity contribution in [3.63, 3.8) is 0 Å². The second-order valence-corrected chi connectivity index (χ2v) is 7.46. The number of rotatable bonds is 11. The Morgan fingerprint density at radius 1 is 0.971 bits per heavy atom. The number of benzene rings is 1. The van der Waals surface area contributed by atoms with E-state index in [1.54, 1.807) is 13.8 Å². The molecule has 0 N–H and O–H groups in total. The van der Waals surface area contributed by atoms with E-state index in [0.29, 0.717) is 12.0 Å². The van der Waals surface area contributed by atoms with Gasteiger partial charge in [0.1, 0.15) is 0 Å². The zero-order chi connectivity index (χ0) is 25.4. The van der Waals surface area contributed by atoms with Crippen LogP contribution in [0.25, 0.3) is 11.4 Å². The van der Waals surface area contributed by atoms with Crippen LogP contribution in [-0.2, 0) is 11.2 Å². The fourth-order valence-electron chi connectivity index (χ4n) is 2.82. The predicted octanol–water partition coefficient (Wildman–Crippen LogP) is 7.59. The average Bonchev–Trinajstić information content (AvgIpc) is 2.82. The fourth-order valence-corrected chi connectivity index (χ4v) is 2.82. The summed E-state index contributed by atoms with van der Waals surface area (Å²) in [5, 5.41) is 0. The van der Waals surface area contributed by atoms with Gasteiger partial charge in [0.25, 0.3) is 0 Å². The van der Waals surface area contributed by atoms with Crippen molar-refractivity contribution in [3.05, 3.63) is 120 Å². The number of aromatic nitrogens is 2. The van der Waals surface area contributed by atoms with E-state index < -0.39 is 29.0 Å². The van der Waals surface area contributed by atoms with Crippen LogP contribution in [0.5, 0.6) is 0 Å². The van der Waals surface area contributed by atoms with Crippen LogP contribution in [0, 0.1) is 18.6 Å². The Morgan fingerprint density at radius 3 is 2.24 bits per heavy atom. The topological polar surface area (TPSA) is 35.0 Å². The van der Waals surface area contributed by atoms with Crippen LogP contribution < -0.4 is 0 Å². The molecule has 0 amide bonds. The Morgan fingerprint density at radius 2 is 1.62 bits per heavy atom. The lowest BCUT2D eigenvalue weighted by molar-refractivity contribution is 0.224. The van der Waals surface area contributed by atoms with E-state index in [9.17, 15) is 17.6 Å². The highest BCUT2D eigenvalue weighted by atomic mass is 19.2. The van der Waals surface area contributed by atoms with Gasteiger partial charge in [0, 0.05) is 18.0 Å². The molecule has 1 heterocycles. The molecule has 178 valence electrons. The van der Waals surface area contributed by atoms with Gasteiger partial charge >= 0.3 is 0 Å². The second-order valence-electron chi connectivity index (χ2n) is 7.46. The minimum atomic E-state index is -1.25. The Labute approximate surface area is 197 Å². The van der Waals surface area contributed by atoms with Crippen molar-refractivity contribution in [2.24, 2.45) is 0 Å². The molecule has 1 aromatic heterocycles. The van der Waals surface area contributed by atoms with Gasteiger partial charge in [0.15, 0.2) is 29.0 Å². The van der Waals surface area contributed by atoms with Gasteiger partial charge in [-0.1, -0.05) is 50.1 Å². The maximum Gasteiger partial charge on any atom is 0.200 e. The van der Waals surface area contributed by atoms with Gasteiger partial charge < -0.3 is 4.74 Å². The van der Waals surface area contributed by atoms with E-state index >= 15 is 0 Å². The number of nitrogens with zero attached hydrogens (tertiary/aromatic N) is 2. The number of allylic oxidation sites excluding steroid dienone is 7. The largest absolute Gasteiger partial charge is 0.491 e. The van der Waals surface area contributed by atoms with Crippen LogP contribution in [0.3, 0.4) is 0 Å². The van der Waals surface area contributed by atoms with Gasteiger partial charge in [-0.3, -0.25) is 0 Å². The van der Waals surface area contributed by atoms with Crippen molar-refractivity contribution in [1.29, 1.82) is 0 Å². The van der Waals surface area contributed by atoms with Gasteiger partial charge in [-0.05, 0) is 49.5 Å². The summed E-state index contributed by atoms with van der Waals surface area (Å²) >= 11 is 0. The van der Waals surface area contributed by atoms with Crippen molar-refractivity contribution < 1.29 is 22.3 Å². The molecule has 0 saturated heterocycles. The van der Waals surface area contributed by atoms with Crippen molar-refractivity contribution in [2.75, 3.05) is 6.61 Å². The summed E-state index contributed by atoms with van der Waals surface area (Å²) in [6.07, 6.45) is 6.45. The van der Waals surface area contributed by atoms with Crippen LogP contribution in [0.1, 0.15) is 24.5 Å². The number of hydrogen-bond acceptors (Lipinski definition) is 3. The molecule has 3 nitrogen and oxygen atoms in total. The summed E-state index contributed by atoms with van der Waals surface area (Å²) in [7, 11) is 0. The van der Waals surface area contributed by atoms with E-state index in [4.69, 9.17) is 4.74 Å². The van der Waals surface area contributed by atoms with Gasteiger partial charge in [0.2, 0.25) is 5.83 Å². The summed E-state index contributed by atoms with van der Waals surface area (Å²) in [5.41, 5.74) is 1.32. The minimum Gasteiger partial charge on any atom is -0.491 e. The van der Waals surface area contributed by atoms with Crippen LogP contribution in [0.15, 0.2) is 97.1 Å². The van der Waals surface area contributed by atoms with Crippen molar-refractivity contribution in [1.82, 2.24) is 9.97 Å². The lowest BCUT2D eigenvalue weighted by Crippen LogP contribution is -2.00. The summed E-state index contributed by atoms with van der Waals surface area (Å²) in [6.45, 7) is 17.9. The molecule has 2 rings (SSSR count). The van der Waals surface area contributed by atoms with E-state index in [-0.39, 0.29) is 41.1 Å². The molecule has 1 aromatic carbocycles. The molecule has 34 heavy (non-hydrogen) atoms. The molecule has 0 saturated carbocycles. The highest BCUT2D eigenvalue weighted by Crippen LogP contribution is 2.28. The third kappa shape index (κ3) is 6.63. The lowest BCUT2D eigenvalue weighted by Gasteiger charge is -2.09. The third-order valence-corrected chi connectivity index (χ3v) is 4.83. The molecule has 0 spiro atoms. The molecule has 0 fully saturated rings. The lowest BCUT2D eigenvalue weighted by atomic mass is 10.0. The molecule has 0 aliphatic heterocycles. The molecule has 7 heteroatoms. The quantitative estimate of drug-likeness (QED) is 0.193. The Balaban J connectivity index is 2.03. The van der Waals surface area contributed by atoms with Crippen molar-refractivity contribution >= 4 is 0 Å². The molecule has 0 radical (unpaired) electrons. The van der Waals surface area contributed by atoms with E-state index in [0.717, 1.165) is 5.56 Å². The summed E-state index contributed by atoms with van der Waals surface area (Å²) in [5.74, 6) is -4.82. The van der Waals surface area contributed by atoms with Gasteiger partial charge in [0.05, 0.1) is 12.2 Å². The standard InChI is InChI=1S/C27H26F4N2O/c1-7-34-20(6)24(29)23(28)19(5)18(4)10-8-16(2)9-11-21-12-13-22(26(31)25(21)30)27-32-14-17(3)15-33-27/h8,10,12-15H,2,4-7,9,11H2,1,3H3/b10-8-,24-23-. The highest BCUT2D eigenvalue weighted by molar-refractivity contribution is 5.57. The number of hydrogen-bond donors (Lipinski definition) is 0. The third-order valence-electron chi connectivity index (χ3n) is 4.83. The SMILES string of the molecule is C=C(/C=C\C(=C)C(=C)/C(F)=C(/F)C(=C)OCC)CCc1ccc(-c2ncc(C)cn2)c(F)c1F. The van der Waals surface area contributed by atoms with Crippen LogP contribution in [0.4, 0.5) is 17.6 Å². The average molecular weight is 471 g/mol. The first-order valence-corrected chi connectivity index (χ1v) is 10.4. The summed E-state index contributed by atoms with van der Waals surface area (Å²) < 4.78 is 62.2. The Hall–Kier alpha value is -3.74. The zero-order valence-corrected chi connectivity index (χ0v) is 19.2. The van der Waals surface area contributed by atoms with Gasteiger partial charge in [-0.2, -0.15) is 4.39 Å². The molecule has 0 aliphatic carbocycles. The van der Waals surface area contributed by atoms with Crippen LogP contribution in [0.2, 0.25) is 0 Å². The second kappa shape index (κ2) is 11.9. The number of halogens is 4. The summed E-state index contributed by atoms with van der Waals surface area (Å²) in [6, 6.07) is 2.91. The number of aryl methyl sites for hydroxylation is 2.